The van der Waals surface area contributed by atoms with Gasteiger partial charge in [0.15, 0.2) is 11.5 Å². The summed E-state index contributed by atoms with van der Waals surface area (Å²) in [5, 5.41) is 14.9. The van der Waals surface area contributed by atoms with Crippen molar-refractivity contribution in [3.63, 3.8) is 0 Å². The number of hydrogen-bond donors (Lipinski definition) is 2. The molecule has 1 saturated carbocycles. The van der Waals surface area contributed by atoms with Gasteiger partial charge in [-0.15, -0.1) is 5.10 Å². The number of rotatable bonds is 10. The summed E-state index contributed by atoms with van der Waals surface area (Å²) < 4.78 is 34.4. The van der Waals surface area contributed by atoms with E-state index in [1.165, 1.54) is 17.1 Å². The molecular weight excluding hydrogens is 528 g/mol. The quantitative estimate of drug-likeness (QED) is 0.278. The van der Waals surface area contributed by atoms with E-state index >= 15 is 0 Å². The predicted molar refractivity (Wildman–Crippen MR) is 147 cm³/mol. The molecule has 1 atom stereocenters. The van der Waals surface area contributed by atoms with Crippen LogP contribution in [0.3, 0.4) is 0 Å². The zero-order valence-corrected chi connectivity index (χ0v) is 23.1. The Kier molecular flexibility index (Phi) is 7.92. The highest BCUT2D eigenvalue weighted by Gasteiger charge is 2.29. The largest absolute Gasteiger partial charge is 0.465 e. The molecule has 1 aromatic carbocycles. The predicted octanol–water partition coefficient (Wildman–Crippen LogP) is 3.20. The Labute approximate surface area is 227 Å². The van der Waals surface area contributed by atoms with Crippen molar-refractivity contribution in [2.24, 2.45) is 5.92 Å². The highest BCUT2D eigenvalue weighted by Crippen LogP contribution is 2.35. The zero-order valence-electron chi connectivity index (χ0n) is 21.2. The lowest BCUT2D eigenvalue weighted by Gasteiger charge is -2.15. The smallest absolute Gasteiger partial charge is 0.327 e. The normalized spacial score (nSPS) is 14.1. The molecule has 0 radical (unpaired) electrons. The maximum Gasteiger partial charge on any atom is 0.327 e. The van der Waals surface area contributed by atoms with Crippen LogP contribution in [-0.4, -0.2) is 56.0 Å². The van der Waals surface area contributed by atoms with Crippen LogP contribution in [0.5, 0.6) is 0 Å². The molecule has 38 heavy (non-hydrogen) atoms. The van der Waals surface area contributed by atoms with Gasteiger partial charge in [-0.05, 0) is 57.7 Å². The first-order valence-electron chi connectivity index (χ1n) is 12.0. The summed E-state index contributed by atoms with van der Waals surface area (Å²) in [6.45, 7) is 5.89. The van der Waals surface area contributed by atoms with Crippen molar-refractivity contribution < 1.29 is 17.9 Å². The highest BCUT2D eigenvalue weighted by molar-refractivity contribution is 7.90. The number of carbonyl (C=O) groups excluding carboxylic acids is 1. The van der Waals surface area contributed by atoms with E-state index in [0.29, 0.717) is 22.9 Å². The second kappa shape index (κ2) is 11.0. The van der Waals surface area contributed by atoms with Crippen LogP contribution >= 0.6 is 13.5 Å². The molecule has 0 unspecified atom stereocenters. The van der Waals surface area contributed by atoms with Gasteiger partial charge in [-0.1, -0.05) is 22.9 Å². The fourth-order valence-corrected chi connectivity index (χ4v) is 5.29. The maximum absolute atomic E-state index is 13.5. The van der Waals surface area contributed by atoms with Crippen molar-refractivity contribution in [1.82, 2.24) is 28.9 Å². The van der Waals surface area contributed by atoms with Crippen LogP contribution in [0, 0.1) is 12.8 Å². The Hall–Kier alpha value is -3.65. The molecular formula is C24H30N8O4S2. The van der Waals surface area contributed by atoms with Crippen molar-refractivity contribution in [3.05, 3.63) is 48.3 Å². The molecule has 0 aliphatic heterocycles. The Morgan fingerprint density at radius 2 is 1.92 bits per heavy atom. The molecule has 4 aromatic rings. The van der Waals surface area contributed by atoms with Gasteiger partial charge in [0.25, 0.3) is 10.0 Å². The van der Waals surface area contributed by atoms with Crippen LogP contribution in [0.2, 0.25) is 0 Å². The van der Waals surface area contributed by atoms with E-state index in [9.17, 15) is 13.2 Å². The van der Waals surface area contributed by atoms with Crippen molar-refractivity contribution in [2.45, 2.75) is 51.1 Å². The van der Waals surface area contributed by atoms with Crippen LogP contribution in [0.15, 0.2) is 47.6 Å². The summed E-state index contributed by atoms with van der Waals surface area (Å²) in [6.07, 6.45) is 5.28. The Balaban J connectivity index is 0.00000336. The van der Waals surface area contributed by atoms with Crippen molar-refractivity contribution in [3.8, 4) is 0 Å². The van der Waals surface area contributed by atoms with Gasteiger partial charge in [-0.25, -0.2) is 17.1 Å². The lowest BCUT2D eigenvalue weighted by atomic mass is 10.2. The lowest BCUT2D eigenvalue weighted by molar-refractivity contribution is -0.144. The number of esters is 1. The molecule has 3 heterocycles. The van der Waals surface area contributed by atoms with Gasteiger partial charge in [0.2, 0.25) is 5.95 Å². The highest BCUT2D eigenvalue weighted by atomic mass is 32.2. The van der Waals surface area contributed by atoms with Crippen molar-refractivity contribution >= 4 is 58.1 Å². The van der Waals surface area contributed by atoms with Crippen LogP contribution in [0.25, 0.3) is 11.0 Å². The summed E-state index contributed by atoms with van der Waals surface area (Å²) in [4.78, 5) is 21.0. The van der Waals surface area contributed by atoms with Crippen LogP contribution in [0.1, 0.15) is 32.3 Å². The van der Waals surface area contributed by atoms with Gasteiger partial charge in [-0.3, -0.25) is 4.79 Å². The summed E-state index contributed by atoms with van der Waals surface area (Å²) in [5.74, 6) is 1.06. The molecule has 1 fully saturated rings. The van der Waals surface area contributed by atoms with E-state index in [1.807, 2.05) is 6.92 Å². The molecule has 1 aliphatic rings. The number of aromatic nitrogens is 6. The average Bonchev–Trinajstić information content (AvgIpc) is 3.48. The van der Waals surface area contributed by atoms with Crippen LogP contribution in [-0.2, 0) is 26.1 Å². The molecule has 0 amide bonds. The van der Waals surface area contributed by atoms with Crippen LogP contribution in [0.4, 0.5) is 17.6 Å². The Morgan fingerprint density at radius 3 is 2.61 bits per heavy atom. The van der Waals surface area contributed by atoms with E-state index in [-0.39, 0.29) is 49.2 Å². The molecule has 14 heteroatoms. The van der Waals surface area contributed by atoms with Crippen LogP contribution < -0.4 is 10.6 Å². The standard InChI is InChI=1S/C24H28N8O4S.H2S/c1-4-36-21(33)14-31-13-20(29-30-31)26-24-27-22(25-16(3)17-7-8-17)19-11-12-32(23(19)28-24)37(34,35)18-9-5-15(2)6-10-18;/h5-6,9-13,16-17H,4,7-8,14H2,1-3H3,(H2,25,26,27,28);1H2/t16-;/m0./s1. The third-order valence-corrected chi connectivity index (χ3v) is 7.84. The Bertz CT molecular complexity index is 1550. The first kappa shape index (κ1) is 27.4. The second-order valence-electron chi connectivity index (χ2n) is 9.06. The number of nitrogens with one attached hydrogen (secondary N) is 2. The summed E-state index contributed by atoms with van der Waals surface area (Å²) in [5.41, 5.74) is 1.18. The SMILES string of the molecule is CCOC(=O)Cn1cc(Nc2nc(N[C@@H](C)C3CC3)c3ccn(S(=O)(=O)c4ccc(C)cc4)c3n2)nn1.S. The zero-order chi connectivity index (χ0) is 26.2. The number of aryl methyl sites for hydroxylation is 1. The van der Waals surface area contributed by atoms with E-state index in [2.05, 4.69) is 37.8 Å². The molecule has 0 spiro atoms. The monoisotopic (exact) mass is 558 g/mol. The minimum absolute atomic E-state index is 0. The second-order valence-corrected chi connectivity index (χ2v) is 10.9. The van der Waals surface area contributed by atoms with Gasteiger partial charge >= 0.3 is 5.97 Å². The number of benzene rings is 1. The third kappa shape index (κ3) is 5.75. The molecule has 12 nitrogen and oxygen atoms in total. The van der Waals surface area contributed by atoms with E-state index in [4.69, 9.17) is 4.74 Å². The number of fused-ring (bicyclic) bond motifs is 1. The fourth-order valence-electron chi connectivity index (χ4n) is 3.99. The molecule has 1 aliphatic carbocycles. The summed E-state index contributed by atoms with van der Waals surface area (Å²) in [6, 6.07) is 8.52. The van der Waals surface area contributed by atoms with Crippen molar-refractivity contribution in [2.75, 3.05) is 17.2 Å². The van der Waals surface area contributed by atoms with Gasteiger partial charge in [-0.2, -0.15) is 23.5 Å². The van der Waals surface area contributed by atoms with Crippen molar-refractivity contribution in [1.29, 1.82) is 0 Å². The van der Waals surface area contributed by atoms with Gasteiger partial charge in [0, 0.05) is 12.2 Å². The minimum atomic E-state index is -3.91. The van der Waals surface area contributed by atoms with E-state index in [0.717, 1.165) is 22.4 Å². The number of anilines is 3. The maximum atomic E-state index is 13.5. The molecule has 5 rings (SSSR count). The molecule has 0 bridgehead atoms. The third-order valence-electron chi connectivity index (χ3n) is 6.16. The number of carbonyl (C=O) groups is 1. The van der Waals surface area contributed by atoms with E-state index < -0.39 is 16.0 Å². The molecule has 0 saturated heterocycles. The molecule has 2 N–H and O–H groups in total. The number of nitrogens with zero attached hydrogens (tertiary/aromatic N) is 6. The van der Waals surface area contributed by atoms with Gasteiger partial charge < -0.3 is 15.4 Å². The average molecular weight is 559 g/mol. The summed E-state index contributed by atoms with van der Waals surface area (Å²) in [7, 11) is -3.91. The number of ether oxygens (including phenoxy) is 1. The van der Waals surface area contributed by atoms with E-state index in [1.54, 1.807) is 37.3 Å². The number of hydrogen-bond acceptors (Lipinski definition) is 10. The first-order valence-corrected chi connectivity index (χ1v) is 13.5. The summed E-state index contributed by atoms with van der Waals surface area (Å²) >= 11 is 0. The molecule has 3 aromatic heterocycles. The minimum Gasteiger partial charge on any atom is -0.465 e. The Morgan fingerprint density at radius 1 is 1.18 bits per heavy atom. The van der Waals surface area contributed by atoms with Gasteiger partial charge in [0.1, 0.15) is 12.4 Å². The first-order chi connectivity index (χ1) is 17.7. The fraction of sp³-hybridized carbons (Fsp3) is 0.375. The van der Waals surface area contributed by atoms with Gasteiger partial charge in [0.05, 0.1) is 23.1 Å². The lowest BCUT2D eigenvalue weighted by Crippen LogP contribution is -2.19. The molecule has 202 valence electrons. The topological polar surface area (TPSA) is 146 Å².